The van der Waals surface area contributed by atoms with Gasteiger partial charge in [-0.05, 0) is 11.1 Å². The molecule has 154 valence electrons. The zero-order valence-corrected chi connectivity index (χ0v) is 16.9. The van der Waals surface area contributed by atoms with Crippen LogP contribution in [0.5, 0.6) is 0 Å². The van der Waals surface area contributed by atoms with Crippen molar-refractivity contribution in [3.8, 4) is 0 Å². The molecule has 2 aromatic carbocycles. The highest BCUT2D eigenvalue weighted by molar-refractivity contribution is 5.85. The highest BCUT2D eigenvalue weighted by atomic mass is 16.5. The molecule has 3 rings (SSSR count). The minimum atomic E-state index is -0.672. The van der Waals surface area contributed by atoms with Gasteiger partial charge in [-0.25, -0.2) is 4.79 Å². The summed E-state index contributed by atoms with van der Waals surface area (Å²) in [7, 11) is 1.35. The average molecular weight is 396 g/mol. The second-order valence-electron chi connectivity index (χ2n) is 7.37. The van der Waals surface area contributed by atoms with Gasteiger partial charge in [0.25, 0.3) is 0 Å². The third kappa shape index (κ3) is 6.69. The molecule has 0 radical (unpaired) electrons. The van der Waals surface area contributed by atoms with Gasteiger partial charge in [0, 0.05) is 39.1 Å². The lowest BCUT2D eigenvalue weighted by atomic mass is 10.1. The van der Waals surface area contributed by atoms with Crippen LogP contribution in [0.3, 0.4) is 0 Å². The summed E-state index contributed by atoms with van der Waals surface area (Å²) in [5.74, 6) is -0.567. The van der Waals surface area contributed by atoms with Gasteiger partial charge in [-0.15, -0.1) is 0 Å². The highest BCUT2D eigenvalue weighted by Gasteiger charge is 2.24. The van der Waals surface area contributed by atoms with Gasteiger partial charge >= 0.3 is 5.97 Å². The number of methoxy groups -OCH3 is 1. The topological polar surface area (TPSA) is 61.9 Å². The van der Waals surface area contributed by atoms with E-state index in [1.165, 1.54) is 12.7 Å². The van der Waals surface area contributed by atoms with Crippen LogP contribution in [0.25, 0.3) is 0 Å². The van der Waals surface area contributed by atoms with Gasteiger partial charge < -0.3 is 10.1 Å². The Bertz CT molecular complexity index is 774. The Morgan fingerprint density at radius 1 is 0.897 bits per heavy atom. The Balaban J connectivity index is 1.46. The molecule has 1 atom stereocenters. The average Bonchev–Trinajstić information content (AvgIpc) is 2.75. The summed E-state index contributed by atoms with van der Waals surface area (Å²) in [6.07, 6.45) is 0.421. The van der Waals surface area contributed by atoms with E-state index in [0.29, 0.717) is 13.0 Å². The largest absolute Gasteiger partial charge is 0.467 e. The van der Waals surface area contributed by atoms with Gasteiger partial charge in [0.2, 0.25) is 5.91 Å². The van der Waals surface area contributed by atoms with Crippen molar-refractivity contribution >= 4 is 11.9 Å². The standard InChI is InChI=1S/C23H29N3O3/c1-29-23(28)21(16-19-8-4-2-5-9-19)24-22(27)18-26-14-12-25(13-15-26)17-20-10-6-3-7-11-20/h2-11,21H,12-18H2,1H3,(H,24,27)/t21-/m1/s1. The first-order valence-corrected chi connectivity index (χ1v) is 10.0. The van der Waals surface area contributed by atoms with E-state index >= 15 is 0 Å². The second kappa shape index (κ2) is 10.7. The molecule has 0 saturated carbocycles. The monoisotopic (exact) mass is 395 g/mol. The molecular formula is C23H29N3O3. The van der Waals surface area contributed by atoms with Crippen molar-refractivity contribution < 1.29 is 14.3 Å². The van der Waals surface area contributed by atoms with E-state index < -0.39 is 12.0 Å². The van der Waals surface area contributed by atoms with Gasteiger partial charge in [0.1, 0.15) is 6.04 Å². The number of amides is 1. The molecule has 6 heteroatoms. The van der Waals surface area contributed by atoms with Crippen LogP contribution in [0.2, 0.25) is 0 Å². The summed E-state index contributed by atoms with van der Waals surface area (Å²) in [5.41, 5.74) is 2.29. The van der Waals surface area contributed by atoms with Crippen molar-refractivity contribution in [3.63, 3.8) is 0 Å². The first-order valence-electron chi connectivity index (χ1n) is 10.0. The Morgan fingerprint density at radius 3 is 2.03 bits per heavy atom. The van der Waals surface area contributed by atoms with Crippen LogP contribution in [0.15, 0.2) is 60.7 Å². The zero-order valence-electron chi connectivity index (χ0n) is 16.9. The van der Waals surface area contributed by atoms with Crippen LogP contribution >= 0.6 is 0 Å². The first-order chi connectivity index (χ1) is 14.1. The van der Waals surface area contributed by atoms with Crippen LogP contribution in [0, 0.1) is 0 Å². The number of benzene rings is 2. The zero-order chi connectivity index (χ0) is 20.5. The normalized spacial score (nSPS) is 16.2. The molecular weight excluding hydrogens is 366 g/mol. The van der Waals surface area contributed by atoms with Crippen LogP contribution in [-0.4, -0.2) is 67.6 Å². The van der Waals surface area contributed by atoms with Crippen LogP contribution in [0.4, 0.5) is 0 Å². The van der Waals surface area contributed by atoms with Crippen molar-refractivity contribution in [1.82, 2.24) is 15.1 Å². The Hall–Kier alpha value is -2.70. The number of ether oxygens (including phenoxy) is 1. The number of esters is 1. The third-order valence-corrected chi connectivity index (χ3v) is 5.18. The smallest absolute Gasteiger partial charge is 0.328 e. The maximum atomic E-state index is 12.5. The quantitative estimate of drug-likeness (QED) is 0.690. The molecule has 0 aromatic heterocycles. The molecule has 29 heavy (non-hydrogen) atoms. The number of piperazine rings is 1. The Labute approximate surface area is 172 Å². The summed E-state index contributed by atoms with van der Waals surface area (Å²) in [4.78, 5) is 29.2. The Morgan fingerprint density at radius 2 is 1.45 bits per heavy atom. The Kier molecular flexibility index (Phi) is 7.78. The second-order valence-corrected chi connectivity index (χ2v) is 7.37. The third-order valence-electron chi connectivity index (χ3n) is 5.18. The number of hydrogen-bond acceptors (Lipinski definition) is 5. The van der Waals surface area contributed by atoms with Crippen LogP contribution in [0.1, 0.15) is 11.1 Å². The molecule has 1 aliphatic rings. The summed E-state index contributed by atoms with van der Waals surface area (Å²) in [6.45, 7) is 4.74. The predicted molar refractivity (Wildman–Crippen MR) is 112 cm³/mol. The number of carbonyl (C=O) groups is 2. The van der Waals surface area contributed by atoms with Gasteiger partial charge in [0.05, 0.1) is 13.7 Å². The molecule has 1 aliphatic heterocycles. The maximum absolute atomic E-state index is 12.5. The fourth-order valence-corrected chi connectivity index (χ4v) is 3.58. The minimum Gasteiger partial charge on any atom is -0.467 e. The maximum Gasteiger partial charge on any atom is 0.328 e. The van der Waals surface area contributed by atoms with E-state index in [2.05, 4.69) is 39.4 Å². The number of rotatable bonds is 8. The first kappa shape index (κ1) is 21.0. The molecule has 1 fully saturated rings. The fraction of sp³-hybridized carbons (Fsp3) is 0.391. The van der Waals surface area contributed by atoms with E-state index in [1.807, 2.05) is 36.4 Å². The van der Waals surface area contributed by atoms with Gasteiger partial charge in [-0.2, -0.15) is 0 Å². The highest BCUT2D eigenvalue weighted by Crippen LogP contribution is 2.09. The fourth-order valence-electron chi connectivity index (χ4n) is 3.58. The summed E-state index contributed by atoms with van der Waals surface area (Å²) >= 11 is 0. The van der Waals surface area contributed by atoms with Crippen molar-refractivity contribution in [2.24, 2.45) is 0 Å². The van der Waals surface area contributed by atoms with Gasteiger partial charge in [0.15, 0.2) is 0 Å². The molecule has 0 aliphatic carbocycles. The lowest BCUT2D eigenvalue weighted by Crippen LogP contribution is -2.51. The summed E-state index contributed by atoms with van der Waals surface area (Å²) < 4.78 is 4.87. The summed E-state index contributed by atoms with van der Waals surface area (Å²) in [6, 6.07) is 19.4. The molecule has 0 spiro atoms. The molecule has 0 unspecified atom stereocenters. The van der Waals surface area contributed by atoms with E-state index in [4.69, 9.17) is 4.74 Å². The molecule has 1 heterocycles. The van der Waals surface area contributed by atoms with E-state index in [0.717, 1.165) is 38.3 Å². The predicted octanol–water partition coefficient (Wildman–Crippen LogP) is 1.70. The molecule has 1 saturated heterocycles. The molecule has 0 bridgehead atoms. The van der Waals surface area contributed by atoms with Crippen LogP contribution < -0.4 is 5.32 Å². The minimum absolute atomic E-state index is 0.146. The SMILES string of the molecule is COC(=O)[C@@H](Cc1ccccc1)NC(=O)CN1CCN(Cc2ccccc2)CC1. The van der Waals surface area contributed by atoms with E-state index in [-0.39, 0.29) is 5.91 Å². The lowest BCUT2D eigenvalue weighted by Gasteiger charge is -2.34. The van der Waals surface area contributed by atoms with E-state index in [1.54, 1.807) is 0 Å². The number of nitrogens with zero attached hydrogens (tertiary/aromatic N) is 2. The van der Waals surface area contributed by atoms with Crippen molar-refractivity contribution in [1.29, 1.82) is 0 Å². The van der Waals surface area contributed by atoms with Crippen molar-refractivity contribution in [2.45, 2.75) is 19.0 Å². The molecule has 6 nitrogen and oxygen atoms in total. The van der Waals surface area contributed by atoms with Gasteiger partial charge in [-0.1, -0.05) is 60.7 Å². The number of nitrogens with one attached hydrogen (secondary N) is 1. The van der Waals surface area contributed by atoms with Crippen LogP contribution in [-0.2, 0) is 27.3 Å². The lowest BCUT2D eigenvalue weighted by molar-refractivity contribution is -0.145. The number of hydrogen-bond donors (Lipinski definition) is 1. The molecule has 1 amide bonds. The van der Waals surface area contributed by atoms with Gasteiger partial charge in [-0.3, -0.25) is 14.6 Å². The van der Waals surface area contributed by atoms with E-state index in [9.17, 15) is 9.59 Å². The molecule has 1 N–H and O–H groups in total. The van der Waals surface area contributed by atoms with Crippen molar-refractivity contribution in [3.05, 3.63) is 71.8 Å². The summed E-state index contributed by atoms with van der Waals surface area (Å²) in [5, 5.41) is 2.85. The van der Waals surface area contributed by atoms with Crippen molar-refractivity contribution in [2.75, 3.05) is 39.8 Å². The number of carbonyl (C=O) groups excluding carboxylic acids is 2. The molecule has 2 aromatic rings.